The van der Waals surface area contributed by atoms with E-state index < -0.39 is 5.92 Å². The van der Waals surface area contributed by atoms with Gasteiger partial charge in [-0.2, -0.15) is 5.26 Å². The molecule has 1 aliphatic heterocycles. The van der Waals surface area contributed by atoms with Crippen LogP contribution in [0.15, 0.2) is 81.6 Å². The Bertz CT molecular complexity index is 1530. The maximum atomic E-state index is 13.6. The lowest BCUT2D eigenvalue weighted by molar-refractivity contribution is -0.118. The minimum Gasteiger partial charge on any atom is -0.384 e. The number of thioether (sulfide) groups is 1. The van der Waals surface area contributed by atoms with Gasteiger partial charge in [0, 0.05) is 23.4 Å². The summed E-state index contributed by atoms with van der Waals surface area (Å²) in [7, 11) is 0. The molecular weight excluding hydrogens is 528 g/mol. The van der Waals surface area contributed by atoms with E-state index in [1.165, 1.54) is 23.1 Å². The highest BCUT2D eigenvalue weighted by atomic mass is 32.2. The van der Waals surface area contributed by atoms with E-state index in [4.69, 9.17) is 5.73 Å². The van der Waals surface area contributed by atoms with Gasteiger partial charge < -0.3 is 11.1 Å². The molecule has 0 radical (unpaired) electrons. The Morgan fingerprint density at radius 2 is 1.90 bits per heavy atom. The Hall–Kier alpha value is -3.94. The summed E-state index contributed by atoms with van der Waals surface area (Å²) in [6, 6.07) is 19.4. The number of hydrogen-bond donors (Lipinski definition) is 2. The zero-order chi connectivity index (χ0) is 27.7. The van der Waals surface area contributed by atoms with Crippen molar-refractivity contribution in [1.82, 2.24) is 10.2 Å². The zero-order valence-corrected chi connectivity index (χ0v) is 23.5. The van der Waals surface area contributed by atoms with Crippen molar-refractivity contribution in [3.63, 3.8) is 0 Å². The lowest BCUT2D eigenvalue weighted by Gasteiger charge is -2.42. The predicted octanol–water partition coefficient (Wildman–Crippen LogP) is 5.52. The van der Waals surface area contributed by atoms with E-state index in [2.05, 4.69) is 35.4 Å². The first-order valence-corrected chi connectivity index (χ1v) is 14.3. The topological polar surface area (TPSA) is 125 Å². The number of allylic oxidation sites excluding steroid dienone is 3. The van der Waals surface area contributed by atoms with Crippen molar-refractivity contribution in [2.45, 2.75) is 43.9 Å². The molecule has 0 saturated carbocycles. The molecule has 3 N–H and O–H groups in total. The van der Waals surface area contributed by atoms with E-state index in [1.54, 1.807) is 4.90 Å². The van der Waals surface area contributed by atoms with E-state index in [9.17, 15) is 14.9 Å². The summed E-state index contributed by atoms with van der Waals surface area (Å²) < 4.78 is 0.587. The molecule has 198 valence electrons. The average molecular weight is 557 g/mol. The van der Waals surface area contributed by atoms with Crippen LogP contribution in [0.25, 0.3) is 0 Å². The molecule has 8 nitrogen and oxygen atoms in total. The summed E-state index contributed by atoms with van der Waals surface area (Å²) in [5.41, 5.74) is 10.7. The van der Waals surface area contributed by atoms with Crippen LogP contribution in [-0.4, -0.2) is 27.6 Å². The molecule has 2 aromatic carbocycles. The van der Waals surface area contributed by atoms with Gasteiger partial charge in [-0.25, -0.2) is 0 Å². The van der Waals surface area contributed by atoms with Crippen LogP contribution < -0.4 is 16.0 Å². The van der Waals surface area contributed by atoms with Crippen LogP contribution in [-0.2, 0) is 9.59 Å². The van der Waals surface area contributed by atoms with Crippen LogP contribution >= 0.6 is 23.1 Å². The number of nitrogens with zero attached hydrogens (tertiary/aromatic N) is 4. The molecule has 3 aromatic rings. The van der Waals surface area contributed by atoms with E-state index in [-0.39, 0.29) is 28.7 Å². The molecule has 1 amide bonds. The van der Waals surface area contributed by atoms with Gasteiger partial charge in [-0.15, -0.1) is 10.2 Å². The number of benzene rings is 2. The summed E-state index contributed by atoms with van der Waals surface area (Å²) in [6.07, 6.45) is 0.979. The quantitative estimate of drug-likeness (QED) is 0.380. The normalized spacial score (nSPS) is 18.6. The van der Waals surface area contributed by atoms with Gasteiger partial charge in [-0.05, 0) is 36.5 Å². The van der Waals surface area contributed by atoms with Gasteiger partial charge in [0.25, 0.3) is 0 Å². The van der Waals surface area contributed by atoms with Gasteiger partial charge >= 0.3 is 0 Å². The molecule has 5 rings (SSSR count). The number of aryl methyl sites for hydroxylation is 1. The van der Waals surface area contributed by atoms with Gasteiger partial charge in [0.05, 0.1) is 23.3 Å². The van der Waals surface area contributed by atoms with Crippen LogP contribution in [0.4, 0.5) is 10.8 Å². The van der Waals surface area contributed by atoms with Crippen molar-refractivity contribution >= 4 is 45.6 Å². The maximum absolute atomic E-state index is 13.6. The number of ketones is 1. The zero-order valence-electron chi connectivity index (χ0n) is 21.9. The lowest BCUT2D eigenvalue weighted by Crippen LogP contribution is -2.42. The molecule has 1 aliphatic carbocycles. The van der Waals surface area contributed by atoms with Crippen molar-refractivity contribution in [2.24, 2.45) is 11.1 Å². The highest BCUT2D eigenvalue weighted by Gasteiger charge is 2.45. The molecule has 2 heterocycles. The third-order valence-electron chi connectivity index (χ3n) is 6.76. The Morgan fingerprint density at radius 1 is 1.18 bits per heavy atom. The second-order valence-corrected chi connectivity index (χ2v) is 12.6. The number of carbonyl (C=O) groups is 2. The van der Waals surface area contributed by atoms with E-state index in [1.807, 2.05) is 61.5 Å². The summed E-state index contributed by atoms with van der Waals surface area (Å²) in [5.74, 6) is -0.265. The standard InChI is InChI=1S/C29H28N6O2S2/c1-17-9-11-19(12-10-17)32-23(37)16-38-28-34-33-27(39-28)35-21-13-29(2,3)14-22(36)25(21)24(20(15-30)26(35)31)18-7-5-4-6-8-18/h4-12,24H,13-14,16,31H2,1-3H3,(H,32,37). The second-order valence-electron chi connectivity index (χ2n) is 10.4. The highest BCUT2D eigenvalue weighted by Crippen LogP contribution is 2.50. The third kappa shape index (κ3) is 5.46. The molecular formula is C29H28N6O2S2. The second kappa shape index (κ2) is 10.7. The molecule has 0 saturated heterocycles. The predicted molar refractivity (Wildman–Crippen MR) is 154 cm³/mol. The summed E-state index contributed by atoms with van der Waals surface area (Å²) in [6.45, 7) is 6.10. The number of Topliss-reactive ketones (excluding diaryl/α,β-unsaturated/α-hetero) is 1. The Kier molecular flexibility index (Phi) is 7.30. The number of aromatic nitrogens is 2. The van der Waals surface area contributed by atoms with E-state index in [0.717, 1.165) is 22.5 Å². The molecule has 39 heavy (non-hydrogen) atoms. The van der Waals surface area contributed by atoms with Crippen LogP contribution in [0.3, 0.4) is 0 Å². The Balaban J connectivity index is 1.45. The summed E-state index contributed by atoms with van der Waals surface area (Å²) >= 11 is 2.55. The first-order chi connectivity index (χ1) is 18.7. The van der Waals surface area contributed by atoms with Crippen molar-refractivity contribution < 1.29 is 9.59 Å². The van der Waals surface area contributed by atoms with Crippen LogP contribution in [0.5, 0.6) is 0 Å². The summed E-state index contributed by atoms with van der Waals surface area (Å²) in [4.78, 5) is 27.8. The van der Waals surface area contributed by atoms with Crippen LogP contribution in [0.2, 0.25) is 0 Å². The fourth-order valence-electron chi connectivity index (χ4n) is 5.02. The number of amides is 1. The van der Waals surface area contributed by atoms with Gasteiger partial charge in [0.1, 0.15) is 5.82 Å². The first-order valence-electron chi connectivity index (χ1n) is 12.5. The van der Waals surface area contributed by atoms with Gasteiger partial charge in [0.15, 0.2) is 10.1 Å². The molecule has 1 atom stereocenters. The summed E-state index contributed by atoms with van der Waals surface area (Å²) in [5, 5.41) is 22.2. The fourth-order valence-corrected chi connectivity index (χ4v) is 6.70. The van der Waals surface area contributed by atoms with Crippen molar-refractivity contribution in [2.75, 3.05) is 16.0 Å². The highest BCUT2D eigenvalue weighted by molar-refractivity contribution is 8.01. The largest absolute Gasteiger partial charge is 0.384 e. The minimum atomic E-state index is -0.529. The van der Waals surface area contributed by atoms with Crippen molar-refractivity contribution in [3.05, 3.63) is 88.4 Å². The number of carbonyl (C=O) groups excluding carboxylic acids is 2. The third-order valence-corrected chi connectivity index (χ3v) is 8.80. The van der Waals surface area contributed by atoms with Gasteiger partial charge in [0.2, 0.25) is 11.0 Å². The number of nitrogens with two attached hydrogens (primary N) is 1. The first kappa shape index (κ1) is 26.7. The Morgan fingerprint density at radius 3 is 2.59 bits per heavy atom. The number of anilines is 2. The maximum Gasteiger partial charge on any atom is 0.234 e. The fraction of sp³-hybridized carbons (Fsp3) is 0.276. The molecule has 0 bridgehead atoms. The lowest BCUT2D eigenvalue weighted by atomic mass is 9.69. The van der Waals surface area contributed by atoms with E-state index in [0.29, 0.717) is 33.5 Å². The molecule has 2 aliphatic rings. The molecule has 1 aromatic heterocycles. The SMILES string of the molecule is Cc1ccc(NC(=O)CSc2nnc(N3C(N)=C(C#N)C(c4ccccc4)C4=C3CC(C)(C)CC4=O)s2)cc1. The minimum absolute atomic E-state index is 0.00671. The number of hydrogen-bond acceptors (Lipinski definition) is 9. The van der Waals surface area contributed by atoms with Crippen LogP contribution in [0, 0.1) is 23.7 Å². The Labute approximate surface area is 235 Å². The number of nitriles is 1. The monoisotopic (exact) mass is 556 g/mol. The molecule has 0 spiro atoms. The van der Waals surface area contributed by atoms with Gasteiger partial charge in [-0.1, -0.05) is 85.0 Å². The van der Waals surface area contributed by atoms with Crippen molar-refractivity contribution in [3.8, 4) is 6.07 Å². The average Bonchev–Trinajstić information content (AvgIpc) is 3.36. The van der Waals surface area contributed by atoms with E-state index >= 15 is 0 Å². The molecule has 1 unspecified atom stereocenters. The van der Waals surface area contributed by atoms with Crippen LogP contribution in [0.1, 0.15) is 43.7 Å². The molecule has 0 fully saturated rings. The number of nitrogens with one attached hydrogen (secondary N) is 1. The van der Waals surface area contributed by atoms with Crippen molar-refractivity contribution in [1.29, 1.82) is 5.26 Å². The smallest absolute Gasteiger partial charge is 0.234 e. The molecule has 10 heteroatoms. The van der Waals surface area contributed by atoms with Gasteiger partial charge in [-0.3, -0.25) is 14.5 Å². The number of rotatable bonds is 6.